The van der Waals surface area contributed by atoms with Crippen LogP contribution in [0.2, 0.25) is 0 Å². The average molecular weight is 757 g/mol. The highest BCUT2D eigenvalue weighted by Crippen LogP contribution is 2.35. The molecule has 2 fully saturated rings. The molecule has 15 nitrogen and oxygen atoms in total. The van der Waals surface area contributed by atoms with Gasteiger partial charge in [-0.25, -0.2) is 19.4 Å². The summed E-state index contributed by atoms with van der Waals surface area (Å²) in [5.74, 6) is 0.798. The van der Waals surface area contributed by atoms with Crippen LogP contribution in [0.5, 0.6) is 0 Å². The van der Waals surface area contributed by atoms with E-state index in [1.807, 2.05) is 80.7 Å². The van der Waals surface area contributed by atoms with Gasteiger partial charge in [0.2, 0.25) is 5.91 Å². The summed E-state index contributed by atoms with van der Waals surface area (Å²) in [5.41, 5.74) is 6.30. The van der Waals surface area contributed by atoms with Gasteiger partial charge in [-0.05, 0) is 60.9 Å². The molecule has 2 aliphatic heterocycles. The van der Waals surface area contributed by atoms with Crippen LogP contribution < -0.4 is 5.32 Å². The highest BCUT2D eigenvalue weighted by Gasteiger charge is 2.38. The molecule has 0 spiro atoms. The second-order valence-electron chi connectivity index (χ2n) is 14.7. The normalized spacial score (nSPS) is 18.1. The molecule has 4 atom stereocenters. The van der Waals surface area contributed by atoms with Gasteiger partial charge in [-0.15, -0.1) is 5.10 Å². The van der Waals surface area contributed by atoms with Gasteiger partial charge in [-0.1, -0.05) is 73.7 Å². The number of rotatable bonds is 10. The molecular formula is C41H44N10O5. The van der Waals surface area contributed by atoms with Crippen LogP contribution >= 0.6 is 0 Å². The first-order valence-corrected chi connectivity index (χ1v) is 18.9. The van der Waals surface area contributed by atoms with Crippen molar-refractivity contribution >= 4 is 28.9 Å². The Labute approximate surface area is 323 Å². The van der Waals surface area contributed by atoms with E-state index in [4.69, 9.17) is 9.72 Å². The summed E-state index contributed by atoms with van der Waals surface area (Å²) in [6.07, 6.45) is 4.98. The van der Waals surface area contributed by atoms with E-state index in [-0.39, 0.29) is 29.8 Å². The fourth-order valence-corrected chi connectivity index (χ4v) is 7.76. The lowest BCUT2D eigenvalue weighted by Crippen LogP contribution is -2.51. The number of methoxy groups -OCH3 is 1. The summed E-state index contributed by atoms with van der Waals surface area (Å²) in [7, 11) is 1.28. The van der Waals surface area contributed by atoms with E-state index in [9.17, 15) is 19.5 Å². The molecule has 0 aliphatic carbocycles. The number of aromatic amines is 2. The van der Waals surface area contributed by atoms with Gasteiger partial charge in [-0.2, -0.15) is 0 Å². The van der Waals surface area contributed by atoms with Gasteiger partial charge in [0, 0.05) is 18.7 Å². The van der Waals surface area contributed by atoms with Crippen LogP contribution in [0, 0.1) is 5.92 Å². The molecule has 0 unspecified atom stereocenters. The SMILES string of the molecule is COC(=O)N[C@H](C(=O)N1CCC[C@H]1c1nc2ccc(-n3cc(-c4ccc(-c5cnc([C@@H]6CCCN6C(=O)[C@H](O)c6ccccc6)[nH]5)cc4)nn3)cc2[nH]1)C(C)C. The van der Waals surface area contributed by atoms with Crippen molar-refractivity contribution in [2.24, 2.45) is 5.92 Å². The third-order valence-corrected chi connectivity index (χ3v) is 10.8. The fraction of sp³-hybridized carbons (Fsp3) is 0.341. The van der Waals surface area contributed by atoms with Crippen molar-refractivity contribution in [3.05, 3.63) is 102 Å². The Morgan fingerprint density at radius 2 is 1.57 bits per heavy atom. The number of likely N-dealkylation sites (tertiary alicyclic amines) is 2. The third kappa shape index (κ3) is 7.12. The van der Waals surface area contributed by atoms with Crippen LogP contribution in [-0.2, 0) is 14.3 Å². The number of hydrogen-bond acceptors (Lipinski definition) is 9. The predicted molar refractivity (Wildman–Crippen MR) is 207 cm³/mol. The summed E-state index contributed by atoms with van der Waals surface area (Å²) in [4.78, 5) is 58.7. The Bertz CT molecular complexity index is 2350. The minimum atomic E-state index is -1.22. The van der Waals surface area contributed by atoms with Crippen LogP contribution in [0.15, 0.2) is 85.2 Å². The first-order chi connectivity index (χ1) is 27.2. The minimum Gasteiger partial charge on any atom is -0.453 e. The number of H-pyrrole nitrogens is 2. The maximum absolute atomic E-state index is 13.6. The van der Waals surface area contributed by atoms with Crippen molar-refractivity contribution in [3.63, 3.8) is 0 Å². The number of fused-ring (bicyclic) bond motifs is 1. The Kier molecular flexibility index (Phi) is 10.1. The number of amides is 3. The predicted octanol–water partition coefficient (Wildman–Crippen LogP) is 5.64. The van der Waals surface area contributed by atoms with Crippen molar-refractivity contribution in [2.75, 3.05) is 20.2 Å². The van der Waals surface area contributed by atoms with Gasteiger partial charge in [0.15, 0.2) is 6.10 Å². The van der Waals surface area contributed by atoms with Gasteiger partial charge in [0.1, 0.15) is 23.4 Å². The van der Waals surface area contributed by atoms with Gasteiger partial charge < -0.3 is 34.9 Å². The molecule has 2 saturated heterocycles. The molecule has 5 heterocycles. The Morgan fingerprint density at radius 1 is 0.875 bits per heavy atom. The van der Waals surface area contributed by atoms with Gasteiger partial charge in [0.05, 0.1) is 54.0 Å². The number of ether oxygens (including phenoxy) is 1. The van der Waals surface area contributed by atoms with E-state index in [1.54, 1.807) is 32.8 Å². The van der Waals surface area contributed by atoms with Crippen molar-refractivity contribution in [3.8, 4) is 28.2 Å². The van der Waals surface area contributed by atoms with Gasteiger partial charge in [0.25, 0.3) is 5.91 Å². The smallest absolute Gasteiger partial charge is 0.407 e. The molecule has 0 bridgehead atoms. The van der Waals surface area contributed by atoms with Crippen LogP contribution in [0.1, 0.15) is 74.9 Å². The quantitative estimate of drug-likeness (QED) is 0.137. The van der Waals surface area contributed by atoms with E-state index >= 15 is 0 Å². The molecule has 3 amide bonds. The van der Waals surface area contributed by atoms with Crippen molar-refractivity contribution < 1.29 is 24.2 Å². The molecule has 3 aromatic heterocycles. The molecule has 56 heavy (non-hydrogen) atoms. The third-order valence-electron chi connectivity index (χ3n) is 10.8. The van der Waals surface area contributed by atoms with E-state index in [0.717, 1.165) is 59.2 Å². The summed E-state index contributed by atoms with van der Waals surface area (Å²) < 4.78 is 6.47. The largest absolute Gasteiger partial charge is 0.453 e. The number of alkyl carbamates (subject to hydrolysis) is 1. The number of nitrogens with zero attached hydrogens (tertiary/aromatic N) is 7. The molecule has 6 aromatic rings. The molecule has 2 aliphatic rings. The highest BCUT2D eigenvalue weighted by atomic mass is 16.5. The number of imidazole rings is 2. The second kappa shape index (κ2) is 15.4. The fourth-order valence-electron chi connectivity index (χ4n) is 7.76. The molecule has 15 heteroatoms. The molecule has 288 valence electrons. The lowest BCUT2D eigenvalue weighted by Gasteiger charge is -2.29. The number of aromatic nitrogens is 7. The number of nitrogens with one attached hydrogen (secondary N) is 3. The molecule has 4 N–H and O–H groups in total. The van der Waals surface area contributed by atoms with E-state index in [2.05, 4.69) is 30.6 Å². The second-order valence-corrected chi connectivity index (χ2v) is 14.7. The van der Waals surface area contributed by atoms with Crippen LogP contribution in [0.3, 0.4) is 0 Å². The van der Waals surface area contributed by atoms with E-state index in [0.29, 0.717) is 36.0 Å². The number of aliphatic hydroxyl groups is 1. The molecular weight excluding hydrogens is 713 g/mol. The standard InChI is InChI=1S/C41H44N10O5/c1-24(2)35(46-41(55)56-3)39(53)49-19-8-12-34(49)38-43-29-18-17-28(21-30(29)44-38)51-23-32(47-48-51)26-15-13-25(14-16-26)31-22-42-37(45-31)33-11-7-20-50(33)40(54)36(52)27-9-5-4-6-10-27/h4-6,9-10,13-18,21-24,33-36,52H,7-8,11-12,19-20H2,1-3H3,(H,42,45)(H,43,44)(H,46,55)/t33-,34-,35-,36+/m0/s1. The van der Waals surface area contributed by atoms with Crippen LogP contribution in [-0.4, -0.2) is 94.0 Å². The minimum absolute atomic E-state index is 0.119. The zero-order valence-electron chi connectivity index (χ0n) is 31.4. The van der Waals surface area contributed by atoms with Crippen LogP contribution in [0.25, 0.3) is 39.2 Å². The first kappa shape index (κ1) is 36.6. The lowest BCUT2D eigenvalue weighted by atomic mass is 10.0. The summed E-state index contributed by atoms with van der Waals surface area (Å²) >= 11 is 0. The van der Waals surface area contributed by atoms with Crippen molar-refractivity contribution in [1.82, 2.24) is 50.0 Å². The number of benzene rings is 3. The van der Waals surface area contributed by atoms with Crippen molar-refractivity contribution in [1.29, 1.82) is 0 Å². The van der Waals surface area contributed by atoms with Crippen molar-refractivity contribution in [2.45, 2.75) is 63.8 Å². The summed E-state index contributed by atoms with van der Waals surface area (Å²) in [6.45, 7) is 4.93. The average Bonchev–Trinajstić information content (AvgIpc) is 4.08. The van der Waals surface area contributed by atoms with E-state index < -0.39 is 18.2 Å². The monoisotopic (exact) mass is 756 g/mol. The topological polar surface area (TPSA) is 187 Å². The summed E-state index contributed by atoms with van der Waals surface area (Å²) in [5, 5.41) is 22.3. The number of carbonyl (C=O) groups is 3. The van der Waals surface area contributed by atoms with Crippen LogP contribution in [0.4, 0.5) is 4.79 Å². The first-order valence-electron chi connectivity index (χ1n) is 18.9. The molecule has 0 radical (unpaired) electrons. The zero-order valence-corrected chi connectivity index (χ0v) is 31.4. The Balaban J connectivity index is 0.946. The lowest BCUT2D eigenvalue weighted by molar-refractivity contribution is -0.141. The highest BCUT2D eigenvalue weighted by molar-refractivity contribution is 5.87. The molecule has 3 aromatic carbocycles. The number of hydrogen-bond donors (Lipinski definition) is 4. The van der Waals surface area contributed by atoms with Gasteiger partial charge >= 0.3 is 6.09 Å². The Hall–Kier alpha value is -6.35. The zero-order chi connectivity index (χ0) is 38.9. The molecule has 8 rings (SSSR count). The maximum Gasteiger partial charge on any atom is 0.407 e. The maximum atomic E-state index is 13.6. The van der Waals surface area contributed by atoms with E-state index in [1.165, 1.54) is 7.11 Å². The number of carbonyl (C=O) groups excluding carboxylic acids is 3. The molecule has 0 saturated carbocycles. The van der Waals surface area contributed by atoms with Gasteiger partial charge in [-0.3, -0.25) is 9.59 Å². The number of aliphatic hydroxyl groups excluding tert-OH is 1. The Morgan fingerprint density at radius 3 is 2.29 bits per heavy atom. The summed E-state index contributed by atoms with van der Waals surface area (Å²) in [6, 6.07) is 21.6.